The molecule has 19 heavy (non-hydrogen) atoms. The van der Waals surface area contributed by atoms with Gasteiger partial charge in [-0.15, -0.1) is 0 Å². The van der Waals surface area contributed by atoms with E-state index in [-0.39, 0.29) is 17.7 Å². The molecule has 0 aliphatic carbocycles. The van der Waals surface area contributed by atoms with Gasteiger partial charge in [-0.05, 0) is 37.6 Å². The highest BCUT2D eigenvalue weighted by Crippen LogP contribution is 2.41. The van der Waals surface area contributed by atoms with Crippen LogP contribution in [0, 0.1) is 5.92 Å². The van der Waals surface area contributed by atoms with Gasteiger partial charge in [0.05, 0.1) is 12.0 Å². The number of hydrogen-bond donors (Lipinski definition) is 1. The number of ketones is 1. The molecule has 4 atom stereocenters. The van der Waals surface area contributed by atoms with Crippen LogP contribution in [0.1, 0.15) is 30.9 Å². The van der Waals surface area contributed by atoms with Crippen molar-refractivity contribution in [1.29, 1.82) is 0 Å². The average Bonchev–Trinajstić information content (AvgIpc) is 2.64. The lowest BCUT2D eigenvalue weighted by Gasteiger charge is -2.38. The molecule has 0 spiro atoms. The third-order valence-corrected chi connectivity index (χ3v) is 4.92. The van der Waals surface area contributed by atoms with Gasteiger partial charge in [-0.25, -0.2) is 0 Å². The predicted molar refractivity (Wildman–Crippen MR) is 74.1 cm³/mol. The zero-order chi connectivity index (χ0) is 13.6. The second-order valence-corrected chi connectivity index (χ2v) is 6.09. The molecule has 0 radical (unpaired) electrons. The van der Waals surface area contributed by atoms with Crippen molar-refractivity contribution < 1.29 is 9.90 Å². The van der Waals surface area contributed by atoms with Gasteiger partial charge in [-0.2, -0.15) is 0 Å². The first-order chi connectivity index (χ1) is 9.08. The number of carbonyl (C=O) groups excluding carboxylic acids is 1. The van der Waals surface area contributed by atoms with E-state index in [0.717, 1.165) is 18.4 Å². The number of piperidine rings is 1. The van der Waals surface area contributed by atoms with E-state index in [1.807, 2.05) is 0 Å². The van der Waals surface area contributed by atoms with Crippen LogP contribution in [-0.2, 0) is 4.79 Å². The number of hydrogen-bond acceptors (Lipinski definition) is 3. The van der Waals surface area contributed by atoms with Gasteiger partial charge in [0.25, 0.3) is 0 Å². The Morgan fingerprint density at radius 3 is 2.68 bits per heavy atom. The Morgan fingerprint density at radius 2 is 2.00 bits per heavy atom. The van der Waals surface area contributed by atoms with Gasteiger partial charge in [-0.3, -0.25) is 9.69 Å². The zero-order valence-electron chi connectivity index (χ0n) is 10.9. The number of halogens is 1. The second-order valence-electron chi connectivity index (χ2n) is 5.66. The summed E-state index contributed by atoms with van der Waals surface area (Å²) < 4.78 is 0. The van der Waals surface area contributed by atoms with Crippen LogP contribution >= 0.6 is 11.6 Å². The number of nitrogens with zero attached hydrogens (tertiary/aromatic N) is 1. The third kappa shape index (κ3) is 2.20. The maximum absolute atomic E-state index is 12.3. The van der Waals surface area contributed by atoms with Gasteiger partial charge < -0.3 is 5.11 Å². The van der Waals surface area contributed by atoms with Crippen LogP contribution in [0.15, 0.2) is 24.3 Å². The van der Waals surface area contributed by atoms with E-state index in [4.69, 9.17) is 11.6 Å². The van der Waals surface area contributed by atoms with E-state index in [2.05, 4.69) is 11.9 Å². The molecule has 2 saturated heterocycles. The Hall–Kier alpha value is -0.900. The zero-order valence-corrected chi connectivity index (χ0v) is 11.7. The minimum Gasteiger partial charge on any atom is -0.388 e. The Labute approximate surface area is 118 Å². The standard InChI is InChI=1S/C15H18ClNO2/c1-17-11-6-7-12(17)14(13(18)8-11)15(19)9-2-4-10(16)5-3-9/h2-5,11-12,14-15,19H,6-8H2,1H3/t11-,12+,14+,15+/m1/s1. The van der Waals surface area contributed by atoms with Crippen molar-refractivity contribution in [2.75, 3.05) is 7.05 Å². The van der Waals surface area contributed by atoms with E-state index in [1.54, 1.807) is 24.3 Å². The molecule has 102 valence electrons. The molecule has 2 aliphatic heterocycles. The van der Waals surface area contributed by atoms with Gasteiger partial charge in [0.15, 0.2) is 0 Å². The summed E-state index contributed by atoms with van der Waals surface area (Å²) in [5, 5.41) is 11.2. The van der Waals surface area contributed by atoms with Crippen LogP contribution in [0.4, 0.5) is 0 Å². The molecule has 2 heterocycles. The minimum atomic E-state index is -0.726. The molecule has 0 amide bonds. The van der Waals surface area contributed by atoms with Crippen LogP contribution in [0.2, 0.25) is 5.02 Å². The fraction of sp³-hybridized carbons (Fsp3) is 0.533. The van der Waals surface area contributed by atoms with Gasteiger partial charge in [0.1, 0.15) is 5.78 Å². The molecule has 0 saturated carbocycles. The van der Waals surface area contributed by atoms with Crippen LogP contribution < -0.4 is 0 Å². The minimum absolute atomic E-state index is 0.178. The van der Waals surface area contributed by atoms with E-state index < -0.39 is 6.10 Å². The molecule has 2 fully saturated rings. The highest BCUT2D eigenvalue weighted by atomic mass is 35.5. The number of benzene rings is 1. The maximum Gasteiger partial charge on any atom is 0.142 e. The van der Waals surface area contributed by atoms with Crippen molar-refractivity contribution in [2.45, 2.75) is 37.5 Å². The number of Topliss-reactive ketones (excluding diaryl/α,β-unsaturated/α-hetero) is 1. The molecule has 4 heteroatoms. The largest absolute Gasteiger partial charge is 0.388 e. The first-order valence-electron chi connectivity index (χ1n) is 6.76. The van der Waals surface area contributed by atoms with Crippen molar-refractivity contribution >= 4 is 17.4 Å². The molecular formula is C15H18ClNO2. The molecule has 3 nitrogen and oxygen atoms in total. The molecule has 1 N–H and O–H groups in total. The van der Waals surface area contributed by atoms with E-state index in [0.29, 0.717) is 17.5 Å². The number of rotatable bonds is 2. The van der Waals surface area contributed by atoms with Crippen LogP contribution in [0.25, 0.3) is 0 Å². The normalized spacial score (nSPS) is 32.6. The summed E-state index contributed by atoms with van der Waals surface area (Å²) in [5.74, 6) is -0.0991. The van der Waals surface area contributed by atoms with E-state index >= 15 is 0 Å². The average molecular weight is 280 g/mol. The molecule has 1 aromatic carbocycles. The summed E-state index contributed by atoms with van der Waals surface area (Å²) in [6, 6.07) is 7.69. The summed E-state index contributed by atoms with van der Waals surface area (Å²) in [7, 11) is 2.07. The van der Waals surface area contributed by atoms with Crippen molar-refractivity contribution in [2.24, 2.45) is 5.92 Å². The lowest BCUT2D eigenvalue weighted by molar-refractivity contribution is -0.134. The Kier molecular flexibility index (Phi) is 3.37. The molecule has 0 unspecified atom stereocenters. The topological polar surface area (TPSA) is 40.5 Å². The number of fused-ring (bicyclic) bond motifs is 2. The summed E-state index contributed by atoms with van der Waals surface area (Å²) >= 11 is 5.86. The first-order valence-corrected chi connectivity index (χ1v) is 7.14. The van der Waals surface area contributed by atoms with Crippen LogP contribution in [0.5, 0.6) is 0 Å². The van der Waals surface area contributed by atoms with Gasteiger partial charge in [-0.1, -0.05) is 23.7 Å². The third-order valence-electron chi connectivity index (χ3n) is 4.67. The predicted octanol–water partition coefficient (Wildman–Crippen LogP) is 2.43. The summed E-state index contributed by atoms with van der Waals surface area (Å²) in [5.41, 5.74) is 0.779. The number of aliphatic hydroxyl groups excluding tert-OH is 1. The lowest BCUT2D eigenvalue weighted by Crippen LogP contribution is -2.49. The Morgan fingerprint density at radius 1 is 1.32 bits per heavy atom. The summed E-state index contributed by atoms with van der Waals surface area (Å²) in [6.07, 6.45) is 1.91. The summed E-state index contributed by atoms with van der Waals surface area (Å²) in [4.78, 5) is 14.5. The molecule has 3 rings (SSSR count). The number of aliphatic hydroxyl groups is 1. The molecule has 2 aliphatic rings. The Bertz CT molecular complexity index is 487. The SMILES string of the molecule is CN1[C@@H]2CC[C@H]1[C@H]([C@@H](O)c1ccc(Cl)cc1)C(=O)C2. The van der Waals surface area contributed by atoms with Crippen molar-refractivity contribution in [1.82, 2.24) is 4.90 Å². The maximum atomic E-state index is 12.3. The molecule has 1 aromatic rings. The van der Waals surface area contributed by atoms with Crippen LogP contribution in [0.3, 0.4) is 0 Å². The van der Waals surface area contributed by atoms with Crippen molar-refractivity contribution in [3.05, 3.63) is 34.9 Å². The Balaban J connectivity index is 1.87. The lowest BCUT2D eigenvalue weighted by atomic mass is 9.82. The summed E-state index contributed by atoms with van der Waals surface area (Å²) in [6.45, 7) is 0. The quantitative estimate of drug-likeness (QED) is 0.904. The highest BCUT2D eigenvalue weighted by Gasteiger charge is 2.47. The molecular weight excluding hydrogens is 262 g/mol. The van der Waals surface area contributed by atoms with E-state index in [1.165, 1.54) is 0 Å². The number of carbonyl (C=O) groups is 1. The van der Waals surface area contributed by atoms with Gasteiger partial charge >= 0.3 is 0 Å². The highest BCUT2D eigenvalue weighted by molar-refractivity contribution is 6.30. The van der Waals surface area contributed by atoms with Crippen molar-refractivity contribution in [3.8, 4) is 0 Å². The monoisotopic (exact) mass is 279 g/mol. The van der Waals surface area contributed by atoms with Crippen LogP contribution in [-0.4, -0.2) is 34.9 Å². The smallest absolute Gasteiger partial charge is 0.142 e. The molecule has 0 aromatic heterocycles. The van der Waals surface area contributed by atoms with E-state index in [9.17, 15) is 9.90 Å². The molecule has 2 bridgehead atoms. The van der Waals surface area contributed by atoms with Gasteiger partial charge in [0, 0.05) is 23.5 Å². The van der Waals surface area contributed by atoms with Gasteiger partial charge in [0.2, 0.25) is 0 Å². The fourth-order valence-electron chi connectivity index (χ4n) is 3.56. The second kappa shape index (κ2) is 4.89. The fourth-order valence-corrected chi connectivity index (χ4v) is 3.68. The first kappa shape index (κ1) is 13.1. The van der Waals surface area contributed by atoms with Crippen molar-refractivity contribution in [3.63, 3.8) is 0 Å².